The van der Waals surface area contributed by atoms with E-state index < -0.39 is 0 Å². The van der Waals surface area contributed by atoms with E-state index in [9.17, 15) is 0 Å². The van der Waals surface area contributed by atoms with Crippen molar-refractivity contribution >= 4 is 0 Å². The Bertz CT molecular complexity index is 106. The topological polar surface area (TPSA) is 24.5 Å². The molecular formula is C7H16N2O. The maximum absolute atomic E-state index is 5.38. The molecule has 3 nitrogen and oxygen atoms in total. The normalized spacial score (nSPS) is 33.6. The summed E-state index contributed by atoms with van der Waals surface area (Å²) in [5, 5.41) is 1.98. The first kappa shape index (κ1) is 7.98. The summed E-state index contributed by atoms with van der Waals surface area (Å²) >= 11 is 0. The van der Waals surface area contributed by atoms with Crippen LogP contribution in [0.4, 0.5) is 0 Å². The molecule has 1 N–H and O–H groups in total. The predicted octanol–water partition coefficient (Wildman–Crippen LogP) is 0.230. The van der Waals surface area contributed by atoms with Crippen LogP contribution in [-0.2, 0) is 4.74 Å². The number of hydrazine groups is 1. The van der Waals surface area contributed by atoms with Gasteiger partial charge in [-0.05, 0) is 13.3 Å². The Kier molecular flexibility index (Phi) is 2.65. The summed E-state index contributed by atoms with van der Waals surface area (Å²) in [6.07, 6.45) is 1.49. The third-order valence-electron chi connectivity index (χ3n) is 1.80. The SMILES string of the molecule is CC1OCCC1NN(C)C. The number of hydrogen-bond donors (Lipinski definition) is 1. The van der Waals surface area contributed by atoms with Crippen molar-refractivity contribution in [2.24, 2.45) is 0 Å². The van der Waals surface area contributed by atoms with Crippen LogP contribution in [-0.4, -0.2) is 37.9 Å². The average Bonchev–Trinajstić information content (AvgIpc) is 2.15. The summed E-state index contributed by atoms with van der Waals surface area (Å²) < 4.78 is 5.38. The molecule has 0 aliphatic carbocycles. The van der Waals surface area contributed by atoms with Gasteiger partial charge in [0.25, 0.3) is 0 Å². The molecule has 0 spiro atoms. The van der Waals surface area contributed by atoms with Gasteiger partial charge in [0, 0.05) is 26.7 Å². The summed E-state index contributed by atoms with van der Waals surface area (Å²) in [4.78, 5) is 0. The Labute approximate surface area is 62.3 Å². The summed E-state index contributed by atoms with van der Waals surface area (Å²) in [6, 6.07) is 0.509. The predicted molar refractivity (Wildman–Crippen MR) is 40.6 cm³/mol. The van der Waals surface area contributed by atoms with Crippen LogP contribution >= 0.6 is 0 Å². The summed E-state index contributed by atoms with van der Waals surface area (Å²) in [6.45, 7) is 3.00. The van der Waals surface area contributed by atoms with Gasteiger partial charge < -0.3 is 4.74 Å². The largest absolute Gasteiger partial charge is 0.377 e. The van der Waals surface area contributed by atoms with Crippen molar-refractivity contribution in [3.63, 3.8) is 0 Å². The van der Waals surface area contributed by atoms with Crippen molar-refractivity contribution in [1.29, 1.82) is 0 Å². The zero-order chi connectivity index (χ0) is 7.56. The molecule has 0 aromatic heterocycles. The summed E-state index contributed by atoms with van der Waals surface area (Å²) in [5.41, 5.74) is 3.30. The minimum absolute atomic E-state index is 0.363. The number of hydrogen-bond acceptors (Lipinski definition) is 3. The third-order valence-corrected chi connectivity index (χ3v) is 1.80. The molecule has 1 aliphatic heterocycles. The number of ether oxygens (including phenoxy) is 1. The molecule has 1 heterocycles. The van der Waals surface area contributed by atoms with E-state index in [4.69, 9.17) is 4.74 Å². The molecule has 3 heteroatoms. The summed E-state index contributed by atoms with van der Waals surface area (Å²) in [7, 11) is 4.01. The highest BCUT2D eigenvalue weighted by molar-refractivity contribution is 4.76. The summed E-state index contributed by atoms with van der Waals surface area (Å²) in [5.74, 6) is 0. The Morgan fingerprint density at radius 1 is 1.50 bits per heavy atom. The highest BCUT2D eigenvalue weighted by atomic mass is 16.5. The van der Waals surface area contributed by atoms with Gasteiger partial charge in [-0.1, -0.05) is 0 Å². The van der Waals surface area contributed by atoms with Crippen molar-refractivity contribution in [1.82, 2.24) is 10.4 Å². The second-order valence-electron chi connectivity index (χ2n) is 2.99. The Balaban J connectivity index is 2.26. The van der Waals surface area contributed by atoms with Crippen molar-refractivity contribution in [2.45, 2.75) is 25.5 Å². The van der Waals surface area contributed by atoms with E-state index in [-0.39, 0.29) is 0 Å². The second kappa shape index (κ2) is 3.32. The van der Waals surface area contributed by atoms with Gasteiger partial charge in [-0.2, -0.15) is 0 Å². The average molecular weight is 144 g/mol. The van der Waals surface area contributed by atoms with Gasteiger partial charge in [0.1, 0.15) is 0 Å². The van der Waals surface area contributed by atoms with Crippen LogP contribution in [0.25, 0.3) is 0 Å². The molecule has 2 unspecified atom stereocenters. The van der Waals surface area contributed by atoms with Crippen LogP contribution in [0.5, 0.6) is 0 Å². The van der Waals surface area contributed by atoms with E-state index in [1.807, 2.05) is 19.1 Å². The van der Waals surface area contributed by atoms with Crippen LogP contribution in [0.15, 0.2) is 0 Å². The molecule has 1 fully saturated rings. The smallest absolute Gasteiger partial charge is 0.0714 e. The first-order valence-electron chi connectivity index (χ1n) is 3.75. The molecule has 2 atom stereocenters. The lowest BCUT2D eigenvalue weighted by atomic mass is 10.2. The van der Waals surface area contributed by atoms with Crippen molar-refractivity contribution < 1.29 is 4.74 Å². The van der Waals surface area contributed by atoms with Gasteiger partial charge in [0.2, 0.25) is 0 Å². The molecular weight excluding hydrogens is 128 g/mol. The Morgan fingerprint density at radius 3 is 2.60 bits per heavy atom. The second-order valence-corrected chi connectivity index (χ2v) is 2.99. The van der Waals surface area contributed by atoms with E-state index in [2.05, 4.69) is 12.3 Å². The Morgan fingerprint density at radius 2 is 2.20 bits per heavy atom. The molecule has 0 aromatic carbocycles. The molecule has 1 saturated heterocycles. The van der Waals surface area contributed by atoms with Gasteiger partial charge in [-0.15, -0.1) is 0 Å². The van der Waals surface area contributed by atoms with E-state index in [1.54, 1.807) is 0 Å². The monoisotopic (exact) mass is 144 g/mol. The molecule has 0 saturated carbocycles. The van der Waals surface area contributed by atoms with Gasteiger partial charge in [0.05, 0.1) is 6.10 Å². The fourth-order valence-corrected chi connectivity index (χ4v) is 1.23. The lowest BCUT2D eigenvalue weighted by molar-refractivity contribution is 0.0964. The molecule has 0 amide bonds. The molecule has 0 bridgehead atoms. The maximum atomic E-state index is 5.38. The highest BCUT2D eigenvalue weighted by Crippen LogP contribution is 2.11. The van der Waals surface area contributed by atoms with E-state index >= 15 is 0 Å². The third kappa shape index (κ3) is 1.94. The van der Waals surface area contributed by atoms with Crippen LogP contribution in [0.3, 0.4) is 0 Å². The molecule has 0 aromatic rings. The fraction of sp³-hybridized carbons (Fsp3) is 1.00. The van der Waals surface area contributed by atoms with Gasteiger partial charge in [0.15, 0.2) is 0 Å². The zero-order valence-electron chi connectivity index (χ0n) is 6.92. The standard InChI is InChI=1S/C7H16N2O/c1-6-7(4-5-10-6)8-9(2)3/h6-8H,4-5H2,1-3H3. The lowest BCUT2D eigenvalue weighted by Gasteiger charge is -2.20. The number of rotatable bonds is 2. The number of nitrogens with zero attached hydrogens (tertiary/aromatic N) is 1. The van der Waals surface area contributed by atoms with Gasteiger partial charge in [-0.25, -0.2) is 5.43 Å². The van der Waals surface area contributed by atoms with Gasteiger partial charge >= 0.3 is 0 Å². The number of nitrogens with one attached hydrogen (secondary N) is 1. The van der Waals surface area contributed by atoms with Crippen molar-refractivity contribution in [3.8, 4) is 0 Å². The fourth-order valence-electron chi connectivity index (χ4n) is 1.23. The minimum Gasteiger partial charge on any atom is -0.377 e. The zero-order valence-corrected chi connectivity index (χ0v) is 6.92. The molecule has 10 heavy (non-hydrogen) atoms. The lowest BCUT2D eigenvalue weighted by Crippen LogP contribution is -2.43. The van der Waals surface area contributed by atoms with Gasteiger partial charge in [-0.3, -0.25) is 5.01 Å². The molecule has 1 aliphatic rings. The van der Waals surface area contributed by atoms with Crippen LogP contribution in [0.1, 0.15) is 13.3 Å². The first-order valence-corrected chi connectivity index (χ1v) is 3.75. The molecule has 1 rings (SSSR count). The first-order chi connectivity index (χ1) is 4.70. The molecule has 0 radical (unpaired) electrons. The van der Waals surface area contributed by atoms with Crippen LogP contribution < -0.4 is 5.43 Å². The highest BCUT2D eigenvalue weighted by Gasteiger charge is 2.23. The van der Waals surface area contributed by atoms with E-state index in [0.29, 0.717) is 12.1 Å². The van der Waals surface area contributed by atoms with Crippen LogP contribution in [0, 0.1) is 0 Å². The van der Waals surface area contributed by atoms with Crippen molar-refractivity contribution in [3.05, 3.63) is 0 Å². The van der Waals surface area contributed by atoms with E-state index in [0.717, 1.165) is 13.0 Å². The maximum Gasteiger partial charge on any atom is 0.0714 e. The molecule has 60 valence electrons. The quantitative estimate of drug-likeness (QED) is 0.561. The Hall–Kier alpha value is -0.120. The van der Waals surface area contributed by atoms with E-state index in [1.165, 1.54) is 0 Å². The minimum atomic E-state index is 0.363. The van der Waals surface area contributed by atoms with Crippen molar-refractivity contribution in [2.75, 3.05) is 20.7 Å². The van der Waals surface area contributed by atoms with Crippen LogP contribution in [0.2, 0.25) is 0 Å².